The molecule has 22 heavy (non-hydrogen) atoms. The maximum absolute atomic E-state index is 12.1. The van der Waals surface area contributed by atoms with Crippen molar-refractivity contribution in [3.05, 3.63) is 35.4 Å². The summed E-state index contributed by atoms with van der Waals surface area (Å²) in [4.78, 5) is 25.4. The average molecular weight is 304 g/mol. The van der Waals surface area contributed by atoms with E-state index in [-0.39, 0.29) is 11.8 Å². The second-order valence-corrected chi connectivity index (χ2v) is 5.46. The molecule has 6 nitrogen and oxygen atoms in total. The molecule has 0 unspecified atom stereocenters. The molecule has 0 aliphatic carbocycles. The largest absolute Gasteiger partial charge is 0.352 e. The van der Waals surface area contributed by atoms with E-state index in [4.69, 9.17) is 0 Å². The number of piperazine rings is 1. The second kappa shape index (κ2) is 8.51. The summed E-state index contributed by atoms with van der Waals surface area (Å²) < 4.78 is 0. The fourth-order valence-corrected chi connectivity index (χ4v) is 2.41. The van der Waals surface area contributed by atoms with E-state index in [1.807, 2.05) is 18.2 Å². The van der Waals surface area contributed by atoms with Crippen LogP contribution >= 0.6 is 0 Å². The first kappa shape index (κ1) is 16.5. The number of nitrogens with one attached hydrogen (secondary N) is 3. The van der Waals surface area contributed by atoms with Crippen LogP contribution in [-0.2, 0) is 11.3 Å². The first-order valence-corrected chi connectivity index (χ1v) is 7.70. The Morgan fingerprint density at radius 2 is 2.00 bits per heavy atom. The summed E-state index contributed by atoms with van der Waals surface area (Å²) in [5.41, 5.74) is 1.55. The molecule has 1 saturated heterocycles. The van der Waals surface area contributed by atoms with E-state index in [1.165, 1.54) is 6.92 Å². The number of amides is 2. The summed E-state index contributed by atoms with van der Waals surface area (Å²) in [6.45, 7) is 7.53. The lowest BCUT2D eigenvalue weighted by atomic mass is 10.1. The third-order valence-corrected chi connectivity index (χ3v) is 3.65. The molecule has 3 N–H and O–H groups in total. The van der Waals surface area contributed by atoms with E-state index in [1.54, 1.807) is 6.07 Å². The number of hydrogen-bond acceptors (Lipinski definition) is 4. The zero-order valence-electron chi connectivity index (χ0n) is 13.0. The smallest absolute Gasteiger partial charge is 0.251 e. The molecule has 1 aliphatic heterocycles. The summed E-state index contributed by atoms with van der Waals surface area (Å²) >= 11 is 0. The fourth-order valence-electron chi connectivity index (χ4n) is 2.41. The van der Waals surface area contributed by atoms with Crippen molar-refractivity contribution in [2.24, 2.45) is 0 Å². The van der Waals surface area contributed by atoms with Crippen molar-refractivity contribution in [1.29, 1.82) is 0 Å². The Balaban J connectivity index is 1.78. The van der Waals surface area contributed by atoms with Crippen molar-refractivity contribution in [2.75, 3.05) is 39.3 Å². The van der Waals surface area contributed by atoms with Gasteiger partial charge in [-0.15, -0.1) is 0 Å². The minimum atomic E-state index is -0.0779. The first-order valence-electron chi connectivity index (χ1n) is 7.70. The summed E-state index contributed by atoms with van der Waals surface area (Å²) in [5.74, 6) is -0.148. The lowest BCUT2D eigenvalue weighted by molar-refractivity contribution is -0.119. The van der Waals surface area contributed by atoms with Gasteiger partial charge < -0.3 is 16.0 Å². The van der Waals surface area contributed by atoms with Crippen molar-refractivity contribution < 1.29 is 9.59 Å². The van der Waals surface area contributed by atoms with Gasteiger partial charge in [0.25, 0.3) is 5.91 Å². The molecule has 1 heterocycles. The highest BCUT2D eigenvalue weighted by molar-refractivity contribution is 5.94. The Hall–Kier alpha value is -1.92. The lowest BCUT2D eigenvalue weighted by Gasteiger charge is -2.27. The third kappa shape index (κ3) is 5.46. The van der Waals surface area contributed by atoms with Crippen LogP contribution in [0.5, 0.6) is 0 Å². The highest BCUT2D eigenvalue weighted by Crippen LogP contribution is 2.05. The van der Waals surface area contributed by atoms with E-state index in [0.29, 0.717) is 18.7 Å². The number of benzene rings is 1. The molecule has 0 saturated carbocycles. The monoisotopic (exact) mass is 304 g/mol. The van der Waals surface area contributed by atoms with Crippen molar-refractivity contribution in [2.45, 2.75) is 13.5 Å². The van der Waals surface area contributed by atoms with Gasteiger partial charge >= 0.3 is 0 Å². The summed E-state index contributed by atoms with van der Waals surface area (Å²) in [6, 6.07) is 7.34. The van der Waals surface area contributed by atoms with Gasteiger partial charge in [0, 0.05) is 58.3 Å². The minimum Gasteiger partial charge on any atom is -0.352 e. The minimum absolute atomic E-state index is 0.0696. The van der Waals surface area contributed by atoms with Crippen LogP contribution in [0.25, 0.3) is 0 Å². The number of rotatable bonds is 6. The van der Waals surface area contributed by atoms with Crippen LogP contribution in [-0.4, -0.2) is 56.0 Å². The second-order valence-electron chi connectivity index (χ2n) is 5.46. The highest BCUT2D eigenvalue weighted by atomic mass is 16.2. The Labute approximate surface area is 131 Å². The van der Waals surface area contributed by atoms with Crippen LogP contribution in [0.15, 0.2) is 24.3 Å². The Bertz CT molecular complexity index is 513. The lowest BCUT2D eigenvalue weighted by Crippen LogP contribution is -2.46. The maximum atomic E-state index is 12.1. The highest BCUT2D eigenvalue weighted by Gasteiger charge is 2.10. The zero-order chi connectivity index (χ0) is 15.8. The van der Waals surface area contributed by atoms with Crippen LogP contribution in [0.1, 0.15) is 22.8 Å². The maximum Gasteiger partial charge on any atom is 0.251 e. The van der Waals surface area contributed by atoms with Gasteiger partial charge in [-0.05, 0) is 17.7 Å². The molecule has 6 heteroatoms. The number of hydrogen-bond donors (Lipinski definition) is 3. The first-order chi connectivity index (χ1) is 10.6. The van der Waals surface area contributed by atoms with Gasteiger partial charge in [-0.1, -0.05) is 12.1 Å². The van der Waals surface area contributed by atoms with Crippen molar-refractivity contribution >= 4 is 11.8 Å². The predicted octanol–water partition coefficient (Wildman–Crippen LogP) is -0.0423. The van der Waals surface area contributed by atoms with Crippen LogP contribution in [0.3, 0.4) is 0 Å². The predicted molar refractivity (Wildman–Crippen MR) is 85.6 cm³/mol. The topological polar surface area (TPSA) is 73.5 Å². The molecule has 2 amide bonds. The Morgan fingerprint density at radius 3 is 2.73 bits per heavy atom. The van der Waals surface area contributed by atoms with Crippen molar-refractivity contribution in [3.8, 4) is 0 Å². The third-order valence-electron chi connectivity index (χ3n) is 3.65. The van der Waals surface area contributed by atoms with Crippen molar-refractivity contribution in [3.63, 3.8) is 0 Å². The van der Waals surface area contributed by atoms with E-state index in [2.05, 4.69) is 20.9 Å². The molecule has 1 aliphatic rings. The summed E-state index contributed by atoms with van der Waals surface area (Å²) in [6.07, 6.45) is 0. The van der Waals surface area contributed by atoms with Gasteiger partial charge in [-0.2, -0.15) is 0 Å². The van der Waals surface area contributed by atoms with Gasteiger partial charge in [-0.25, -0.2) is 0 Å². The number of nitrogens with zero attached hydrogens (tertiary/aromatic N) is 1. The molecular formula is C16H24N4O2. The van der Waals surface area contributed by atoms with Gasteiger partial charge in [0.2, 0.25) is 5.91 Å². The molecule has 0 aromatic heterocycles. The molecule has 1 aromatic carbocycles. The molecule has 0 bridgehead atoms. The average Bonchev–Trinajstić information content (AvgIpc) is 2.54. The molecule has 1 aromatic rings. The SMILES string of the molecule is CC(=O)NCc1cccc(C(=O)NCCN2CCNCC2)c1. The Kier molecular flexibility index (Phi) is 6.36. The van der Waals surface area contributed by atoms with Gasteiger partial charge in [0.05, 0.1) is 0 Å². The molecule has 0 atom stereocenters. The van der Waals surface area contributed by atoms with Crippen LogP contribution < -0.4 is 16.0 Å². The standard InChI is InChI=1S/C16H24N4O2/c1-13(21)19-12-14-3-2-4-15(11-14)16(22)18-7-10-20-8-5-17-6-9-20/h2-4,11,17H,5-10,12H2,1H3,(H,18,22)(H,19,21). The summed E-state index contributed by atoms with van der Waals surface area (Å²) in [5, 5.41) is 8.99. The number of carbonyl (C=O) groups excluding carboxylic acids is 2. The molecule has 0 radical (unpaired) electrons. The van der Waals surface area contributed by atoms with E-state index >= 15 is 0 Å². The molecule has 0 spiro atoms. The zero-order valence-corrected chi connectivity index (χ0v) is 13.0. The van der Waals surface area contributed by atoms with Crippen LogP contribution in [0.4, 0.5) is 0 Å². The van der Waals surface area contributed by atoms with E-state index in [9.17, 15) is 9.59 Å². The quantitative estimate of drug-likeness (QED) is 0.689. The molecule has 1 fully saturated rings. The van der Waals surface area contributed by atoms with Gasteiger partial charge in [0.15, 0.2) is 0 Å². The van der Waals surface area contributed by atoms with Crippen LogP contribution in [0, 0.1) is 0 Å². The van der Waals surface area contributed by atoms with Gasteiger partial charge in [0.1, 0.15) is 0 Å². The molecule has 120 valence electrons. The number of carbonyl (C=O) groups is 2. The molecule has 2 rings (SSSR count). The molecular weight excluding hydrogens is 280 g/mol. The Morgan fingerprint density at radius 1 is 1.23 bits per heavy atom. The van der Waals surface area contributed by atoms with E-state index in [0.717, 1.165) is 38.3 Å². The normalized spacial score (nSPS) is 15.3. The van der Waals surface area contributed by atoms with E-state index < -0.39 is 0 Å². The van der Waals surface area contributed by atoms with Crippen molar-refractivity contribution in [1.82, 2.24) is 20.9 Å². The summed E-state index contributed by atoms with van der Waals surface area (Å²) in [7, 11) is 0. The van der Waals surface area contributed by atoms with Crippen LogP contribution in [0.2, 0.25) is 0 Å². The fraction of sp³-hybridized carbons (Fsp3) is 0.500. The van der Waals surface area contributed by atoms with Gasteiger partial charge in [-0.3, -0.25) is 14.5 Å².